The summed E-state index contributed by atoms with van der Waals surface area (Å²) < 4.78 is 0. The Morgan fingerprint density at radius 3 is 2.12 bits per heavy atom. The lowest BCUT2D eigenvalue weighted by atomic mass is 10.1. The van der Waals surface area contributed by atoms with Gasteiger partial charge in [-0.1, -0.05) is 53.6 Å². The molecule has 1 saturated heterocycles. The van der Waals surface area contributed by atoms with Crippen molar-refractivity contribution in [1.29, 1.82) is 0 Å². The van der Waals surface area contributed by atoms with Crippen LogP contribution in [0.25, 0.3) is 0 Å². The van der Waals surface area contributed by atoms with E-state index in [0.29, 0.717) is 17.7 Å². The van der Waals surface area contributed by atoms with Gasteiger partial charge in [0, 0.05) is 56.6 Å². The van der Waals surface area contributed by atoms with Crippen LogP contribution in [-0.2, 0) is 11.2 Å². The van der Waals surface area contributed by atoms with E-state index in [9.17, 15) is 9.59 Å². The molecule has 6 nitrogen and oxygen atoms in total. The van der Waals surface area contributed by atoms with E-state index in [1.807, 2.05) is 67.6 Å². The monoisotopic (exact) mass is 481 g/mol. The van der Waals surface area contributed by atoms with E-state index >= 15 is 0 Å². The number of carbonyl (C=O) groups is 2. The molecule has 4 rings (SSSR count). The van der Waals surface area contributed by atoms with Crippen molar-refractivity contribution in [3.05, 3.63) is 88.4 Å². The number of aryl methyl sites for hydroxylation is 1. The minimum Gasteiger partial charge on any atom is -0.400 e. The molecule has 3 aromatic carbocycles. The van der Waals surface area contributed by atoms with E-state index in [0.717, 1.165) is 67.8 Å². The fourth-order valence-electron chi connectivity index (χ4n) is 3.60. The van der Waals surface area contributed by atoms with Crippen LogP contribution >= 0.6 is 11.6 Å². The molecular formula is C27H32ClN3O3. The summed E-state index contributed by atoms with van der Waals surface area (Å²) in [6.07, 6.45) is 2.25. The number of carbonyl (C=O) groups excluding carboxylic acids is 2. The molecule has 0 aliphatic carbocycles. The number of aldehydes is 2. The average molecular weight is 482 g/mol. The predicted octanol–water partition coefficient (Wildman–Crippen LogP) is 4.41. The number of nitrogens with zero attached hydrogens (tertiary/aromatic N) is 2. The highest BCUT2D eigenvalue weighted by Crippen LogP contribution is 2.28. The summed E-state index contributed by atoms with van der Waals surface area (Å²) in [5, 5.41) is 7.78. The first-order chi connectivity index (χ1) is 16.5. The number of anilines is 3. The zero-order valence-electron chi connectivity index (χ0n) is 19.7. The summed E-state index contributed by atoms with van der Waals surface area (Å²) in [6, 6.07) is 21.5. The number of halogens is 1. The highest BCUT2D eigenvalue weighted by molar-refractivity contribution is 6.33. The quantitative estimate of drug-likeness (QED) is 0.414. The molecule has 1 heterocycles. The molecule has 0 saturated carbocycles. The molecule has 0 aromatic heterocycles. The number of nitrogens with two attached hydrogens (primary N) is 1. The maximum absolute atomic E-state index is 11.0. The Balaban J connectivity index is 0.000000286. The van der Waals surface area contributed by atoms with Crippen molar-refractivity contribution < 1.29 is 14.7 Å². The molecule has 0 bridgehead atoms. The topological polar surface area (TPSA) is 86.9 Å². The summed E-state index contributed by atoms with van der Waals surface area (Å²) in [5.41, 5.74) is 11.3. The van der Waals surface area contributed by atoms with Gasteiger partial charge in [0.05, 0.1) is 10.7 Å². The number of aliphatic hydroxyl groups is 1. The summed E-state index contributed by atoms with van der Waals surface area (Å²) in [5.74, 6) is 0. The minimum absolute atomic E-state index is 0.522. The molecule has 34 heavy (non-hydrogen) atoms. The number of para-hydroxylation sites is 1. The van der Waals surface area contributed by atoms with Gasteiger partial charge in [-0.25, -0.2) is 0 Å². The van der Waals surface area contributed by atoms with Gasteiger partial charge in [-0.05, 0) is 42.8 Å². The van der Waals surface area contributed by atoms with Crippen LogP contribution in [-0.4, -0.2) is 51.0 Å². The molecule has 0 unspecified atom stereocenters. The van der Waals surface area contributed by atoms with Crippen LogP contribution in [0, 0.1) is 6.92 Å². The smallest absolute Gasteiger partial charge is 0.152 e. The Morgan fingerprint density at radius 2 is 1.53 bits per heavy atom. The molecule has 0 atom stereocenters. The fourth-order valence-corrected chi connectivity index (χ4v) is 3.85. The van der Waals surface area contributed by atoms with E-state index in [2.05, 4.69) is 9.80 Å². The SMILES string of the molecule is CO.Cc1ccc(CC=O)cc1.Nc1ccc(N2CCN(c3ccccc3Cl)CC2)cc1C=O. The molecular weight excluding hydrogens is 450 g/mol. The van der Waals surface area contributed by atoms with Crippen LogP contribution < -0.4 is 15.5 Å². The maximum atomic E-state index is 11.0. The van der Waals surface area contributed by atoms with Crippen molar-refractivity contribution in [2.45, 2.75) is 13.3 Å². The largest absolute Gasteiger partial charge is 0.400 e. The van der Waals surface area contributed by atoms with Gasteiger partial charge in [0.2, 0.25) is 0 Å². The van der Waals surface area contributed by atoms with Crippen LogP contribution in [0.3, 0.4) is 0 Å². The Bertz CT molecular complexity index is 1050. The summed E-state index contributed by atoms with van der Waals surface area (Å²) in [4.78, 5) is 25.6. The van der Waals surface area contributed by atoms with E-state index in [-0.39, 0.29) is 0 Å². The standard InChI is InChI=1S/C17H18ClN3O.C9H10O.CH4O/c18-15-3-1-2-4-17(15)21-9-7-20(8-10-21)14-5-6-16(19)13(11-14)12-22;1-8-2-4-9(5-3-8)6-7-10;1-2/h1-6,11-12H,7-10,19H2;2-5,7H,6H2,1H3;2H,1H3. The van der Waals surface area contributed by atoms with Crippen LogP contribution in [0.1, 0.15) is 21.5 Å². The third-order valence-electron chi connectivity index (χ3n) is 5.47. The van der Waals surface area contributed by atoms with Crippen LogP contribution in [0.5, 0.6) is 0 Å². The molecule has 0 amide bonds. The lowest BCUT2D eigenvalue weighted by Gasteiger charge is -2.37. The Morgan fingerprint density at radius 1 is 0.912 bits per heavy atom. The second-order valence-corrected chi connectivity index (χ2v) is 8.12. The number of aliphatic hydroxyl groups excluding tert-OH is 1. The maximum Gasteiger partial charge on any atom is 0.152 e. The summed E-state index contributed by atoms with van der Waals surface area (Å²) >= 11 is 6.26. The van der Waals surface area contributed by atoms with Gasteiger partial charge in [-0.3, -0.25) is 4.79 Å². The molecule has 7 heteroatoms. The number of hydrogen-bond donors (Lipinski definition) is 2. The Hall–Kier alpha value is -3.35. The highest BCUT2D eigenvalue weighted by Gasteiger charge is 2.19. The van der Waals surface area contributed by atoms with Gasteiger partial charge < -0.3 is 25.4 Å². The lowest BCUT2D eigenvalue weighted by Crippen LogP contribution is -2.46. The molecule has 180 valence electrons. The molecule has 1 fully saturated rings. The minimum atomic E-state index is 0.522. The average Bonchev–Trinajstić information content (AvgIpc) is 2.88. The number of benzene rings is 3. The van der Waals surface area contributed by atoms with Crippen molar-refractivity contribution in [1.82, 2.24) is 0 Å². The number of hydrogen-bond acceptors (Lipinski definition) is 6. The molecule has 0 spiro atoms. The number of nitrogen functional groups attached to an aromatic ring is 1. The summed E-state index contributed by atoms with van der Waals surface area (Å²) in [7, 11) is 1.00. The van der Waals surface area contributed by atoms with E-state index < -0.39 is 0 Å². The zero-order chi connectivity index (χ0) is 24.9. The molecule has 3 aromatic rings. The predicted molar refractivity (Wildman–Crippen MR) is 141 cm³/mol. The molecule has 3 N–H and O–H groups in total. The van der Waals surface area contributed by atoms with Gasteiger partial charge in [-0.15, -0.1) is 0 Å². The zero-order valence-corrected chi connectivity index (χ0v) is 20.4. The van der Waals surface area contributed by atoms with Gasteiger partial charge in [0.25, 0.3) is 0 Å². The lowest BCUT2D eigenvalue weighted by molar-refractivity contribution is -0.107. The van der Waals surface area contributed by atoms with Crippen molar-refractivity contribution in [2.24, 2.45) is 0 Å². The van der Waals surface area contributed by atoms with Crippen molar-refractivity contribution >= 4 is 41.2 Å². The summed E-state index contributed by atoms with van der Waals surface area (Å²) in [6.45, 7) is 5.58. The first kappa shape index (κ1) is 26.9. The van der Waals surface area contributed by atoms with E-state index in [1.165, 1.54) is 5.56 Å². The van der Waals surface area contributed by atoms with Gasteiger partial charge in [-0.2, -0.15) is 0 Å². The van der Waals surface area contributed by atoms with Gasteiger partial charge in [0.1, 0.15) is 6.29 Å². The van der Waals surface area contributed by atoms with Gasteiger partial charge >= 0.3 is 0 Å². The van der Waals surface area contributed by atoms with Crippen LogP contribution in [0.15, 0.2) is 66.7 Å². The Labute approximate surface area is 206 Å². The highest BCUT2D eigenvalue weighted by atomic mass is 35.5. The third-order valence-corrected chi connectivity index (χ3v) is 5.79. The normalized spacial score (nSPS) is 12.6. The number of piperazine rings is 1. The third kappa shape index (κ3) is 7.61. The molecule has 1 aliphatic rings. The second kappa shape index (κ2) is 14.0. The Kier molecular flexibility index (Phi) is 11.1. The fraction of sp³-hybridized carbons (Fsp3) is 0.259. The van der Waals surface area contributed by atoms with E-state index in [4.69, 9.17) is 22.4 Å². The second-order valence-electron chi connectivity index (χ2n) is 7.71. The first-order valence-electron chi connectivity index (χ1n) is 11.0. The van der Waals surface area contributed by atoms with Gasteiger partial charge in [0.15, 0.2) is 6.29 Å². The number of rotatable bonds is 5. The van der Waals surface area contributed by atoms with Crippen molar-refractivity contribution in [3.8, 4) is 0 Å². The van der Waals surface area contributed by atoms with Crippen LogP contribution in [0.2, 0.25) is 5.02 Å². The van der Waals surface area contributed by atoms with Crippen LogP contribution in [0.4, 0.5) is 17.1 Å². The molecule has 1 aliphatic heterocycles. The first-order valence-corrected chi connectivity index (χ1v) is 11.4. The van der Waals surface area contributed by atoms with Crippen molar-refractivity contribution in [2.75, 3.05) is 48.8 Å². The molecule has 0 radical (unpaired) electrons. The van der Waals surface area contributed by atoms with Crippen molar-refractivity contribution in [3.63, 3.8) is 0 Å². The van der Waals surface area contributed by atoms with E-state index in [1.54, 1.807) is 6.07 Å².